The van der Waals surface area contributed by atoms with E-state index in [-0.39, 0.29) is 5.56 Å². The Labute approximate surface area is 149 Å². The molecule has 0 aromatic heterocycles. The Bertz CT molecular complexity index is 939. The molecule has 1 N–H and O–H groups in total. The predicted molar refractivity (Wildman–Crippen MR) is 82.5 cm³/mol. The summed E-state index contributed by atoms with van der Waals surface area (Å²) in [6.07, 6.45) is -9.24. The Kier molecular flexibility index (Phi) is 5.68. The Balaban J connectivity index is 2.28. The third-order valence-corrected chi connectivity index (χ3v) is 4.28. The normalized spacial score (nSPS) is 13.0. The number of hydrogen-bond donors (Lipinski definition) is 1. The van der Waals surface area contributed by atoms with Crippen molar-refractivity contribution in [2.45, 2.75) is 17.4 Å². The van der Waals surface area contributed by atoms with Crippen LogP contribution in [0.4, 0.5) is 26.3 Å². The smallest absolute Gasteiger partial charge is 0.405 e. The SMILES string of the molecule is O=S(=O)(NN=Cc1ccccc1OC(F)(F)F)c1ccccc1C(F)(F)F. The number of benzene rings is 2. The molecule has 5 nitrogen and oxygen atoms in total. The zero-order valence-electron chi connectivity index (χ0n) is 13.0. The van der Waals surface area contributed by atoms with E-state index < -0.39 is 38.8 Å². The fourth-order valence-electron chi connectivity index (χ4n) is 1.95. The molecule has 0 amide bonds. The number of nitrogens with one attached hydrogen (secondary N) is 1. The average Bonchev–Trinajstić information content (AvgIpc) is 2.54. The lowest BCUT2D eigenvalue weighted by molar-refractivity contribution is -0.274. The molecule has 0 bridgehead atoms. The minimum Gasteiger partial charge on any atom is -0.405 e. The highest BCUT2D eigenvalue weighted by molar-refractivity contribution is 7.89. The van der Waals surface area contributed by atoms with Gasteiger partial charge in [0.2, 0.25) is 0 Å². The van der Waals surface area contributed by atoms with E-state index in [0.717, 1.165) is 30.3 Å². The van der Waals surface area contributed by atoms with Crippen LogP contribution in [0.2, 0.25) is 0 Å². The van der Waals surface area contributed by atoms with Crippen molar-refractivity contribution in [3.63, 3.8) is 0 Å². The van der Waals surface area contributed by atoms with Gasteiger partial charge in [0.25, 0.3) is 10.0 Å². The van der Waals surface area contributed by atoms with Gasteiger partial charge in [0, 0.05) is 5.56 Å². The zero-order chi connectivity index (χ0) is 20.3. The van der Waals surface area contributed by atoms with Gasteiger partial charge in [0.1, 0.15) is 10.6 Å². The maximum Gasteiger partial charge on any atom is 0.573 e. The second-order valence-corrected chi connectivity index (χ2v) is 6.56. The Morgan fingerprint density at radius 3 is 2.15 bits per heavy atom. The van der Waals surface area contributed by atoms with Crippen LogP contribution in [0, 0.1) is 0 Å². The molecule has 0 atom stereocenters. The summed E-state index contributed by atoms with van der Waals surface area (Å²) in [5.41, 5.74) is -1.66. The predicted octanol–water partition coefficient (Wildman–Crippen LogP) is 3.92. The van der Waals surface area contributed by atoms with E-state index in [2.05, 4.69) is 9.84 Å². The highest BCUT2D eigenvalue weighted by Gasteiger charge is 2.37. The highest BCUT2D eigenvalue weighted by atomic mass is 32.2. The van der Waals surface area contributed by atoms with Gasteiger partial charge in [-0.3, -0.25) is 0 Å². The number of ether oxygens (including phenoxy) is 1. The molecule has 0 spiro atoms. The van der Waals surface area contributed by atoms with Crippen molar-refractivity contribution >= 4 is 16.2 Å². The first-order valence-electron chi connectivity index (χ1n) is 6.96. The van der Waals surface area contributed by atoms with Gasteiger partial charge in [-0.25, -0.2) is 4.83 Å². The van der Waals surface area contributed by atoms with E-state index in [1.165, 1.54) is 17.0 Å². The van der Waals surface area contributed by atoms with Crippen molar-refractivity contribution in [2.75, 3.05) is 0 Å². The fourth-order valence-corrected chi connectivity index (χ4v) is 2.98. The van der Waals surface area contributed by atoms with Crippen LogP contribution in [-0.4, -0.2) is 21.0 Å². The van der Waals surface area contributed by atoms with E-state index in [4.69, 9.17) is 0 Å². The van der Waals surface area contributed by atoms with Crippen LogP contribution >= 0.6 is 0 Å². The molecule has 0 aliphatic heterocycles. The molecule has 0 aliphatic carbocycles. The van der Waals surface area contributed by atoms with Gasteiger partial charge >= 0.3 is 12.5 Å². The third kappa shape index (κ3) is 5.61. The molecule has 0 fully saturated rings. The molecule has 0 saturated carbocycles. The number of rotatable bonds is 5. The summed E-state index contributed by atoms with van der Waals surface area (Å²) >= 11 is 0. The monoisotopic (exact) mass is 412 g/mol. The number of para-hydroxylation sites is 1. The minimum atomic E-state index is -4.99. The molecule has 0 unspecified atom stereocenters. The Hall–Kier alpha value is -2.76. The molecular formula is C15H10F6N2O3S. The van der Waals surface area contributed by atoms with Crippen LogP contribution in [0.25, 0.3) is 0 Å². The standard InChI is InChI=1S/C15H10F6N2O3S/c16-14(17,18)11-6-2-4-8-13(11)27(24,25)23-22-9-10-5-1-3-7-12(10)26-15(19,20)21/h1-9,23H. The summed E-state index contributed by atoms with van der Waals surface area (Å²) in [7, 11) is -4.72. The van der Waals surface area contributed by atoms with E-state index in [1.807, 2.05) is 0 Å². The van der Waals surface area contributed by atoms with Crippen molar-refractivity contribution in [2.24, 2.45) is 5.10 Å². The molecular weight excluding hydrogens is 402 g/mol. The third-order valence-electron chi connectivity index (χ3n) is 3.00. The van der Waals surface area contributed by atoms with E-state index in [9.17, 15) is 34.8 Å². The maximum absolute atomic E-state index is 12.9. The molecule has 2 aromatic carbocycles. The van der Waals surface area contributed by atoms with Crippen molar-refractivity contribution in [3.8, 4) is 5.75 Å². The van der Waals surface area contributed by atoms with Crippen molar-refractivity contribution < 1.29 is 39.5 Å². The average molecular weight is 412 g/mol. The first-order chi connectivity index (χ1) is 12.4. The van der Waals surface area contributed by atoms with E-state index in [0.29, 0.717) is 12.3 Å². The van der Waals surface area contributed by atoms with Crippen LogP contribution < -0.4 is 9.57 Å². The largest absolute Gasteiger partial charge is 0.573 e. The van der Waals surface area contributed by atoms with Gasteiger partial charge in [-0.15, -0.1) is 13.2 Å². The van der Waals surface area contributed by atoms with Crippen molar-refractivity contribution in [1.29, 1.82) is 0 Å². The zero-order valence-corrected chi connectivity index (χ0v) is 13.9. The number of hydrazone groups is 1. The molecule has 12 heteroatoms. The molecule has 0 heterocycles. The summed E-state index contributed by atoms with van der Waals surface area (Å²) in [5, 5.41) is 3.23. The van der Waals surface area contributed by atoms with Crippen LogP contribution in [0.15, 0.2) is 58.5 Å². The molecule has 0 radical (unpaired) electrons. The maximum atomic E-state index is 12.9. The number of halogens is 6. The van der Waals surface area contributed by atoms with Crippen LogP contribution in [0.3, 0.4) is 0 Å². The topological polar surface area (TPSA) is 67.8 Å². The first-order valence-corrected chi connectivity index (χ1v) is 8.44. The summed E-state index contributed by atoms with van der Waals surface area (Å²) in [4.78, 5) is 0.457. The van der Waals surface area contributed by atoms with E-state index in [1.54, 1.807) is 0 Å². The molecule has 2 rings (SSSR count). The van der Waals surface area contributed by atoms with Crippen LogP contribution in [-0.2, 0) is 16.2 Å². The summed E-state index contributed by atoms with van der Waals surface area (Å²) < 4.78 is 104. The summed E-state index contributed by atoms with van der Waals surface area (Å²) in [6.45, 7) is 0. The second kappa shape index (κ2) is 7.47. The van der Waals surface area contributed by atoms with Gasteiger partial charge in [0.15, 0.2) is 0 Å². The van der Waals surface area contributed by atoms with Gasteiger partial charge < -0.3 is 4.74 Å². The van der Waals surface area contributed by atoms with Crippen molar-refractivity contribution in [3.05, 3.63) is 59.7 Å². The Morgan fingerprint density at radius 2 is 1.52 bits per heavy atom. The van der Waals surface area contributed by atoms with Crippen molar-refractivity contribution in [1.82, 2.24) is 4.83 Å². The quantitative estimate of drug-likeness (QED) is 0.460. The van der Waals surface area contributed by atoms with Gasteiger partial charge in [0.05, 0.1) is 11.8 Å². The highest BCUT2D eigenvalue weighted by Crippen LogP contribution is 2.33. The van der Waals surface area contributed by atoms with Gasteiger partial charge in [-0.05, 0) is 24.3 Å². The molecule has 0 saturated heterocycles. The molecule has 2 aromatic rings. The minimum absolute atomic E-state index is 0.248. The second-order valence-electron chi connectivity index (χ2n) is 4.93. The summed E-state index contributed by atoms with van der Waals surface area (Å²) in [5.74, 6) is -0.663. The molecule has 0 aliphatic rings. The molecule has 146 valence electrons. The number of alkyl halides is 6. The lowest BCUT2D eigenvalue weighted by Crippen LogP contribution is -2.22. The fraction of sp³-hybridized carbons (Fsp3) is 0.133. The lowest BCUT2D eigenvalue weighted by atomic mass is 10.2. The molecule has 27 heavy (non-hydrogen) atoms. The van der Waals surface area contributed by atoms with Crippen LogP contribution in [0.1, 0.15) is 11.1 Å². The number of sulfonamides is 1. The lowest BCUT2D eigenvalue weighted by Gasteiger charge is -2.12. The number of nitrogens with zero attached hydrogens (tertiary/aromatic N) is 1. The van der Waals surface area contributed by atoms with Crippen LogP contribution in [0.5, 0.6) is 5.75 Å². The first kappa shape index (κ1) is 20.6. The Morgan fingerprint density at radius 1 is 0.926 bits per heavy atom. The van der Waals surface area contributed by atoms with Gasteiger partial charge in [-0.1, -0.05) is 24.3 Å². The number of hydrogen-bond acceptors (Lipinski definition) is 4. The van der Waals surface area contributed by atoms with Gasteiger partial charge in [-0.2, -0.15) is 26.7 Å². The van der Waals surface area contributed by atoms with E-state index >= 15 is 0 Å². The summed E-state index contributed by atoms with van der Waals surface area (Å²) in [6, 6.07) is 8.06.